The molecule has 22 heavy (non-hydrogen) atoms. The van der Waals surface area contributed by atoms with E-state index in [0.29, 0.717) is 18.1 Å². The fourth-order valence-corrected chi connectivity index (χ4v) is 2.76. The Bertz CT molecular complexity index is 773. The second-order valence-corrected chi connectivity index (χ2v) is 5.45. The molecule has 0 saturated heterocycles. The topological polar surface area (TPSA) is 68.1 Å². The van der Waals surface area contributed by atoms with Gasteiger partial charge < -0.3 is 5.32 Å². The summed E-state index contributed by atoms with van der Waals surface area (Å²) in [6.45, 7) is 0.641. The first kappa shape index (κ1) is 14.2. The summed E-state index contributed by atoms with van der Waals surface area (Å²) in [5.74, 6) is 0.621. The van der Waals surface area contributed by atoms with Crippen LogP contribution in [0.4, 0.5) is 11.5 Å². The average molecular weight is 311 g/mol. The van der Waals surface area contributed by atoms with Crippen LogP contribution in [0.3, 0.4) is 0 Å². The number of rotatable bonds is 5. The van der Waals surface area contributed by atoms with E-state index in [2.05, 4.69) is 15.7 Å². The molecule has 0 saturated carbocycles. The van der Waals surface area contributed by atoms with Crippen molar-refractivity contribution in [1.82, 2.24) is 4.98 Å². The van der Waals surface area contributed by atoms with Gasteiger partial charge in [-0.05, 0) is 28.5 Å². The van der Waals surface area contributed by atoms with E-state index in [1.54, 1.807) is 17.4 Å². The van der Waals surface area contributed by atoms with E-state index in [9.17, 15) is 10.1 Å². The Morgan fingerprint density at radius 2 is 1.95 bits per heavy atom. The monoisotopic (exact) mass is 311 g/mol. The average Bonchev–Trinajstić information content (AvgIpc) is 3.07. The Hall–Kier alpha value is -2.73. The maximum Gasteiger partial charge on any atom is 0.295 e. The van der Waals surface area contributed by atoms with E-state index in [4.69, 9.17) is 0 Å². The summed E-state index contributed by atoms with van der Waals surface area (Å²) >= 11 is 1.63. The van der Waals surface area contributed by atoms with Gasteiger partial charge in [0.1, 0.15) is 5.82 Å². The first-order chi connectivity index (χ1) is 10.7. The zero-order valence-electron chi connectivity index (χ0n) is 11.6. The van der Waals surface area contributed by atoms with E-state index >= 15 is 0 Å². The van der Waals surface area contributed by atoms with Gasteiger partial charge in [-0.15, -0.1) is 0 Å². The molecule has 0 aliphatic carbocycles. The molecule has 6 heteroatoms. The Labute approximate surface area is 131 Å². The highest BCUT2D eigenvalue weighted by Crippen LogP contribution is 2.29. The Morgan fingerprint density at radius 3 is 2.64 bits per heavy atom. The Balaban J connectivity index is 1.92. The maximum atomic E-state index is 11.2. The molecule has 110 valence electrons. The summed E-state index contributed by atoms with van der Waals surface area (Å²) in [7, 11) is 0. The third-order valence-electron chi connectivity index (χ3n) is 3.17. The lowest BCUT2D eigenvalue weighted by atomic mass is 10.1. The standard InChI is InChI=1S/C16H13N3O2S/c20-19(21)14-6-7-15(17-10-12-8-9-22-11-12)18-16(14)13-4-2-1-3-5-13/h1-9,11H,10H2,(H,17,18). The lowest BCUT2D eigenvalue weighted by Crippen LogP contribution is -2.03. The van der Waals surface area contributed by atoms with Crippen LogP contribution in [0.1, 0.15) is 5.56 Å². The van der Waals surface area contributed by atoms with Crippen LogP contribution < -0.4 is 5.32 Å². The van der Waals surface area contributed by atoms with Crippen LogP contribution in [0.25, 0.3) is 11.3 Å². The van der Waals surface area contributed by atoms with Crippen LogP contribution in [-0.2, 0) is 6.54 Å². The molecule has 0 bridgehead atoms. The Morgan fingerprint density at radius 1 is 1.14 bits per heavy atom. The van der Waals surface area contributed by atoms with Crippen LogP contribution in [0, 0.1) is 10.1 Å². The Kier molecular flexibility index (Phi) is 4.11. The van der Waals surface area contributed by atoms with Crippen molar-refractivity contribution in [3.8, 4) is 11.3 Å². The minimum absolute atomic E-state index is 0.00674. The van der Waals surface area contributed by atoms with Gasteiger partial charge in [0.25, 0.3) is 5.69 Å². The molecule has 5 nitrogen and oxygen atoms in total. The SMILES string of the molecule is O=[N+]([O-])c1ccc(NCc2ccsc2)nc1-c1ccccc1. The van der Waals surface area contributed by atoms with E-state index in [0.717, 1.165) is 11.1 Å². The molecule has 0 radical (unpaired) electrons. The van der Waals surface area contributed by atoms with Gasteiger partial charge in [0.05, 0.1) is 4.92 Å². The van der Waals surface area contributed by atoms with Gasteiger partial charge in [-0.3, -0.25) is 10.1 Å². The minimum atomic E-state index is -0.405. The lowest BCUT2D eigenvalue weighted by molar-refractivity contribution is -0.384. The van der Waals surface area contributed by atoms with Crippen molar-refractivity contribution >= 4 is 22.8 Å². The van der Waals surface area contributed by atoms with Crippen LogP contribution in [0.2, 0.25) is 0 Å². The number of anilines is 1. The first-order valence-corrected chi connectivity index (χ1v) is 7.64. The van der Waals surface area contributed by atoms with E-state index in [1.807, 2.05) is 41.8 Å². The largest absolute Gasteiger partial charge is 0.366 e. The van der Waals surface area contributed by atoms with E-state index < -0.39 is 4.92 Å². The summed E-state index contributed by atoms with van der Waals surface area (Å²) in [5.41, 5.74) is 2.27. The number of hydrogen-bond acceptors (Lipinski definition) is 5. The molecule has 1 N–H and O–H groups in total. The molecule has 2 aromatic heterocycles. The number of benzene rings is 1. The van der Waals surface area contributed by atoms with Crippen molar-refractivity contribution in [2.24, 2.45) is 0 Å². The van der Waals surface area contributed by atoms with Gasteiger partial charge >= 0.3 is 0 Å². The normalized spacial score (nSPS) is 10.4. The van der Waals surface area contributed by atoms with Crippen LogP contribution in [-0.4, -0.2) is 9.91 Å². The van der Waals surface area contributed by atoms with Crippen molar-refractivity contribution in [1.29, 1.82) is 0 Å². The predicted octanol–water partition coefficient (Wildman–Crippen LogP) is 4.33. The van der Waals surface area contributed by atoms with Crippen molar-refractivity contribution in [3.63, 3.8) is 0 Å². The number of nitrogens with zero attached hydrogens (tertiary/aromatic N) is 2. The van der Waals surface area contributed by atoms with Crippen molar-refractivity contribution in [3.05, 3.63) is 75.0 Å². The van der Waals surface area contributed by atoms with Gasteiger partial charge in [-0.25, -0.2) is 4.98 Å². The molecule has 0 spiro atoms. The number of hydrogen-bond donors (Lipinski definition) is 1. The fourth-order valence-electron chi connectivity index (χ4n) is 2.09. The highest BCUT2D eigenvalue weighted by atomic mass is 32.1. The molecule has 0 atom stereocenters. The highest BCUT2D eigenvalue weighted by molar-refractivity contribution is 7.07. The fraction of sp³-hybridized carbons (Fsp3) is 0.0625. The third kappa shape index (κ3) is 3.12. The van der Waals surface area contributed by atoms with Gasteiger partial charge in [0.15, 0.2) is 5.69 Å². The summed E-state index contributed by atoms with van der Waals surface area (Å²) in [6.07, 6.45) is 0. The molecule has 1 aromatic carbocycles. The zero-order valence-corrected chi connectivity index (χ0v) is 12.4. The smallest absolute Gasteiger partial charge is 0.295 e. The van der Waals surface area contributed by atoms with Crippen molar-refractivity contribution < 1.29 is 4.92 Å². The number of aromatic nitrogens is 1. The summed E-state index contributed by atoms with van der Waals surface area (Å²) in [4.78, 5) is 15.2. The molecule has 0 fully saturated rings. The van der Waals surface area contributed by atoms with E-state index in [-0.39, 0.29) is 5.69 Å². The van der Waals surface area contributed by atoms with Gasteiger partial charge in [0, 0.05) is 18.2 Å². The molecular weight excluding hydrogens is 298 g/mol. The predicted molar refractivity (Wildman–Crippen MR) is 88.0 cm³/mol. The van der Waals surface area contributed by atoms with E-state index in [1.165, 1.54) is 6.07 Å². The van der Waals surface area contributed by atoms with Crippen LogP contribution >= 0.6 is 11.3 Å². The summed E-state index contributed by atoms with van der Waals surface area (Å²) in [6, 6.07) is 14.3. The molecule has 0 aliphatic rings. The molecule has 0 aliphatic heterocycles. The molecule has 3 rings (SSSR count). The third-order valence-corrected chi connectivity index (χ3v) is 3.90. The zero-order chi connectivity index (χ0) is 15.4. The second kappa shape index (κ2) is 6.36. The number of thiophene rings is 1. The van der Waals surface area contributed by atoms with Gasteiger partial charge in [0.2, 0.25) is 0 Å². The van der Waals surface area contributed by atoms with Crippen LogP contribution in [0.15, 0.2) is 59.3 Å². The minimum Gasteiger partial charge on any atom is -0.366 e. The number of nitrogens with one attached hydrogen (secondary N) is 1. The molecule has 3 aromatic rings. The summed E-state index contributed by atoms with van der Waals surface area (Å²) in [5, 5.41) is 18.5. The summed E-state index contributed by atoms with van der Waals surface area (Å²) < 4.78 is 0. The number of nitro groups is 1. The molecule has 0 unspecified atom stereocenters. The van der Waals surface area contributed by atoms with Crippen molar-refractivity contribution in [2.45, 2.75) is 6.54 Å². The molecule has 0 amide bonds. The van der Waals surface area contributed by atoms with Gasteiger partial charge in [-0.2, -0.15) is 11.3 Å². The van der Waals surface area contributed by atoms with Crippen LogP contribution in [0.5, 0.6) is 0 Å². The lowest BCUT2D eigenvalue weighted by Gasteiger charge is -2.07. The van der Waals surface area contributed by atoms with Crippen molar-refractivity contribution in [2.75, 3.05) is 5.32 Å². The molecular formula is C16H13N3O2S. The highest BCUT2D eigenvalue weighted by Gasteiger charge is 2.17. The second-order valence-electron chi connectivity index (χ2n) is 4.67. The number of pyridine rings is 1. The maximum absolute atomic E-state index is 11.2. The van der Waals surface area contributed by atoms with Gasteiger partial charge in [-0.1, -0.05) is 30.3 Å². The first-order valence-electron chi connectivity index (χ1n) is 6.70. The quantitative estimate of drug-likeness (QED) is 0.562. The molecule has 2 heterocycles.